The fourth-order valence-electron chi connectivity index (χ4n) is 2.70. The van der Waals surface area contributed by atoms with Gasteiger partial charge in [0, 0.05) is 24.7 Å². The molecule has 1 aliphatic rings. The van der Waals surface area contributed by atoms with Crippen molar-refractivity contribution in [1.29, 1.82) is 0 Å². The zero-order chi connectivity index (χ0) is 20.4. The number of hydrogen-bond donors (Lipinski definition) is 2. The first kappa shape index (κ1) is 20.4. The van der Waals surface area contributed by atoms with Gasteiger partial charge < -0.3 is 10.6 Å². The quantitative estimate of drug-likeness (QED) is 0.721. The summed E-state index contributed by atoms with van der Waals surface area (Å²) in [6.07, 6.45) is 1.68. The van der Waals surface area contributed by atoms with Gasteiger partial charge in [-0.2, -0.15) is 5.10 Å². The summed E-state index contributed by atoms with van der Waals surface area (Å²) in [5.74, 6) is -0.648. The maximum absolute atomic E-state index is 13.0. The molecule has 1 aromatic heterocycles. The minimum atomic E-state index is -0.823. The van der Waals surface area contributed by atoms with Crippen molar-refractivity contribution in [2.45, 2.75) is 12.5 Å². The molecule has 2 amide bonds. The normalized spacial score (nSPS) is 15.9. The van der Waals surface area contributed by atoms with Crippen LogP contribution in [0, 0.1) is 0 Å². The van der Waals surface area contributed by atoms with E-state index in [0.29, 0.717) is 10.8 Å². The molecule has 2 radical (unpaired) electrons. The van der Waals surface area contributed by atoms with Crippen LogP contribution in [0.1, 0.15) is 16.8 Å². The van der Waals surface area contributed by atoms with Gasteiger partial charge in [0.1, 0.15) is 13.9 Å². The molecule has 142 valence electrons. The van der Waals surface area contributed by atoms with Crippen LogP contribution in [0.15, 0.2) is 35.6 Å². The van der Waals surface area contributed by atoms with Gasteiger partial charge in [0.15, 0.2) is 5.82 Å². The first-order valence-corrected chi connectivity index (χ1v) is 9.20. The number of aromatic nitrogens is 1. The topological polar surface area (TPSA) is 86.7 Å². The van der Waals surface area contributed by atoms with Crippen molar-refractivity contribution < 1.29 is 9.59 Å². The van der Waals surface area contributed by atoms with Crippen LogP contribution >= 0.6 is 34.8 Å². The fourth-order valence-corrected chi connectivity index (χ4v) is 3.45. The van der Waals surface area contributed by atoms with Crippen LogP contribution < -0.4 is 15.6 Å². The van der Waals surface area contributed by atoms with Gasteiger partial charge in [-0.25, -0.2) is 9.99 Å². The lowest BCUT2D eigenvalue weighted by Gasteiger charge is -2.23. The van der Waals surface area contributed by atoms with Crippen LogP contribution in [0.4, 0.5) is 11.5 Å². The number of halogens is 3. The Morgan fingerprint density at radius 1 is 1.25 bits per heavy atom. The summed E-state index contributed by atoms with van der Waals surface area (Å²) in [6.45, 7) is 0. The second-order valence-corrected chi connectivity index (χ2v) is 7.09. The average Bonchev–Trinajstić information content (AvgIpc) is 3.05. The number of hydrazone groups is 1. The van der Waals surface area contributed by atoms with Crippen LogP contribution in [0.3, 0.4) is 0 Å². The van der Waals surface area contributed by atoms with E-state index in [0.717, 1.165) is 0 Å². The van der Waals surface area contributed by atoms with E-state index in [1.165, 1.54) is 30.4 Å². The van der Waals surface area contributed by atoms with Gasteiger partial charge in [-0.15, -0.1) is 0 Å². The van der Waals surface area contributed by atoms with E-state index in [2.05, 4.69) is 20.7 Å². The Balaban J connectivity index is 1.93. The van der Waals surface area contributed by atoms with Crippen LogP contribution in [0.2, 0.25) is 15.1 Å². The summed E-state index contributed by atoms with van der Waals surface area (Å²) in [7, 11) is 7.29. The van der Waals surface area contributed by atoms with E-state index in [-0.39, 0.29) is 33.3 Å². The molecule has 0 spiro atoms. The van der Waals surface area contributed by atoms with Crippen molar-refractivity contribution in [3.8, 4) is 0 Å². The molecule has 2 heterocycles. The third kappa shape index (κ3) is 4.09. The van der Waals surface area contributed by atoms with Crippen molar-refractivity contribution in [1.82, 2.24) is 10.3 Å². The van der Waals surface area contributed by atoms with E-state index in [4.69, 9.17) is 42.6 Å². The van der Waals surface area contributed by atoms with Gasteiger partial charge in [0.05, 0.1) is 21.3 Å². The lowest BCUT2D eigenvalue weighted by Crippen LogP contribution is -2.39. The maximum atomic E-state index is 13.0. The summed E-state index contributed by atoms with van der Waals surface area (Å²) in [4.78, 5) is 29.3. The Bertz CT molecular complexity index is 985. The molecule has 1 aromatic carbocycles. The molecular weight excluding hydrogens is 423 g/mol. The third-order valence-electron chi connectivity index (χ3n) is 3.97. The predicted octanol–water partition coefficient (Wildman–Crippen LogP) is 3.10. The number of amides is 2. The van der Waals surface area contributed by atoms with E-state index < -0.39 is 17.9 Å². The molecule has 2 N–H and O–H groups in total. The van der Waals surface area contributed by atoms with Gasteiger partial charge in [-0.05, 0) is 29.9 Å². The van der Waals surface area contributed by atoms with E-state index >= 15 is 0 Å². The molecule has 1 atom stereocenters. The zero-order valence-electron chi connectivity index (χ0n) is 14.5. The first-order valence-electron chi connectivity index (χ1n) is 8.06. The molecule has 1 aliphatic heterocycles. The summed E-state index contributed by atoms with van der Waals surface area (Å²) in [6, 6.07) is 5.31. The van der Waals surface area contributed by atoms with Crippen LogP contribution in [-0.4, -0.2) is 43.3 Å². The van der Waals surface area contributed by atoms with Crippen molar-refractivity contribution in [2.24, 2.45) is 5.10 Å². The number of carbonyl (C=O) groups is 2. The molecule has 0 saturated carbocycles. The predicted molar refractivity (Wildman–Crippen MR) is 112 cm³/mol. The minimum Gasteiger partial charge on any atom is -0.355 e. The minimum absolute atomic E-state index is 0.119. The zero-order valence-corrected chi connectivity index (χ0v) is 16.8. The van der Waals surface area contributed by atoms with Crippen molar-refractivity contribution in [3.05, 3.63) is 51.1 Å². The van der Waals surface area contributed by atoms with Crippen LogP contribution in [-0.2, 0) is 4.79 Å². The number of nitrogens with zero attached hydrogens (tertiary/aromatic N) is 3. The molecule has 2 aromatic rings. The number of pyridine rings is 1. The Morgan fingerprint density at radius 2 is 2.00 bits per heavy atom. The SMILES string of the molecule is [B]C1=NN(c2ncccc2Cl)C(C(=O)Nc2c(Cl)cc(Cl)cc2C(=O)NC)C1. The Morgan fingerprint density at radius 3 is 2.68 bits per heavy atom. The molecule has 0 fully saturated rings. The molecule has 1 unspecified atom stereocenters. The Kier molecular flexibility index (Phi) is 6.12. The molecule has 3 rings (SSSR count). The monoisotopic (exact) mass is 435 g/mol. The summed E-state index contributed by atoms with van der Waals surface area (Å²) in [5.41, 5.74) is 0.506. The third-order valence-corrected chi connectivity index (χ3v) is 4.78. The van der Waals surface area contributed by atoms with Crippen molar-refractivity contribution in [3.63, 3.8) is 0 Å². The molecule has 0 saturated heterocycles. The number of carbonyl (C=O) groups excluding carboxylic acids is 2. The molecular formula is C17H13BCl3N5O2. The number of anilines is 2. The molecule has 0 aliphatic carbocycles. The van der Waals surface area contributed by atoms with Crippen LogP contribution in [0.25, 0.3) is 0 Å². The highest BCUT2D eigenvalue weighted by molar-refractivity contribution is 6.60. The van der Waals surface area contributed by atoms with Gasteiger partial charge in [-0.1, -0.05) is 34.8 Å². The van der Waals surface area contributed by atoms with Gasteiger partial charge in [0.2, 0.25) is 5.91 Å². The van der Waals surface area contributed by atoms with Gasteiger partial charge >= 0.3 is 0 Å². The number of rotatable bonds is 4. The molecule has 0 bridgehead atoms. The second-order valence-electron chi connectivity index (χ2n) is 5.84. The average molecular weight is 436 g/mol. The first-order chi connectivity index (χ1) is 13.3. The lowest BCUT2D eigenvalue weighted by molar-refractivity contribution is -0.117. The number of hydrogen-bond acceptors (Lipinski definition) is 5. The van der Waals surface area contributed by atoms with Crippen molar-refractivity contribution >= 4 is 71.6 Å². The van der Waals surface area contributed by atoms with Gasteiger partial charge in [-0.3, -0.25) is 9.59 Å². The van der Waals surface area contributed by atoms with Gasteiger partial charge in [0.25, 0.3) is 5.91 Å². The van der Waals surface area contributed by atoms with Crippen LogP contribution in [0.5, 0.6) is 0 Å². The van der Waals surface area contributed by atoms with Crippen molar-refractivity contribution in [2.75, 3.05) is 17.4 Å². The highest BCUT2D eigenvalue weighted by Crippen LogP contribution is 2.33. The number of benzene rings is 1. The standard InChI is InChI=1S/C17H13BCl3N5O2/c1-22-16(27)9-5-8(19)6-11(21)14(9)24-17(28)12-7-13(18)25-26(12)15-10(20)3-2-4-23-15/h2-6,12H,7H2,1H3,(H,22,27)(H,24,28). The molecule has 7 nitrogen and oxygen atoms in total. The van der Waals surface area contributed by atoms with E-state index in [1.54, 1.807) is 12.1 Å². The highest BCUT2D eigenvalue weighted by atomic mass is 35.5. The molecule has 28 heavy (non-hydrogen) atoms. The molecule has 11 heteroatoms. The summed E-state index contributed by atoms with van der Waals surface area (Å²) in [5, 5.41) is 11.3. The van der Waals surface area contributed by atoms with E-state index in [9.17, 15) is 9.59 Å². The summed E-state index contributed by atoms with van der Waals surface area (Å²) < 4.78 is 0. The smallest absolute Gasteiger partial charge is 0.253 e. The Hall–Kier alpha value is -2.29. The lowest BCUT2D eigenvalue weighted by atomic mass is 9.95. The Labute approximate surface area is 177 Å². The maximum Gasteiger partial charge on any atom is 0.253 e. The fraction of sp³-hybridized carbons (Fsp3) is 0.176. The number of nitrogens with one attached hydrogen (secondary N) is 2. The highest BCUT2D eigenvalue weighted by Gasteiger charge is 2.34. The summed E-state index contributed by atoms with van der Waals surface area (Å²) >= 11 is 18.4. The van der Waals surface area contributed by atoms with E-state index in [1.807, 2.05) is 0 Å². The second kappa shape index (κ2) is 8.38. The largest absolute Gasteiger partial charge is 0.355 e.